The molecule has 1 unspecified atom stereocenters. The summed E-state index contributed by atoms with van der Waals surface area (Å²) in [5.41, 5.74) is 0.0973. The van der Waals surface area contributed by atoms with Gasteiger partial charge in [0.25, 0.3) is 0 Å². The van der Waals surface area contributed by atoms with E-state index < -0.39 is 15.8 Å². The van der Waals surface area contributed by atoms with Gasteiger partial charge >= 0.3 is 0 Å². The summed E-state index contributed by atoms with van der Waals surface area (Å²) in [6.07, 6.45) is 3.13. The Kier molecular flexibility index (Phi) is 3.80. The van der Waals surface area contributed by atoms with Gasteiger partial charge in [-0.15, -0.1) is 0 Å². The molecule has 3 rings (SSSR count). The predicted octanol–water partition coefficient (Wildman–Crippen LogP) is 1.93. The molecule has 0 amide bonds. The fourth-order valence-corrected chi connectivity index (χ4v) is 5.20. The second-order valence-corrected chi connectivity index (χ2v) is 8.32. The van der Waals surface area contributed by atoms with E-state index in [1.54, 1.807) is 4.31 Å². The lowest BCUT2D eigenvalue weighted by Gasteiger charge is -2.38. The molecule has 1 aromatic carbocycles. The van der Waals surface area contributed by atoms with Crippen molar-refractivity contribution in [1.82, 2.24) is 9.21 Å². The van der Waals surface area contributed by atoms with Crippen molar-refractivity contribution in [2.75, 3.05) is 33.2 Å². The Balaban J connectivity index is 1.80. The molecule has 1 spiro atoms. The summed E-state index contributed by atoms with van der Waals surface area (Å²) < 4.78 is 39.8. The summed E-state index contributed by atoms with van der Waals surface area (Å²) in [6, 6.07) is 5.10. The van der Waals surface area contributed by atoms with Gasteiger partial charge in [-0.3, -0.25) is 0 Å². The largest absolute Gasteiger partial charge is 0.306 e. The Bertz CT molecular complexity index is 617. The summed E-state index contributed by atoms with van der Waals surface area (Å²) in [4.78, 5) is 2.47. The first kappa shape index (κ1) is 14.9. The van der Waals surface area contributed by atoms with E-state index in [1.165, 1.54) is 24.3 Å². The van der Waals surface area contributed by atoms with Crippen LogP contribution in [0.15, 0.2) is 29.2 Å². The van der Waals surface area contributed by atoms with Crippen LogP contribution >= 0.6 is 0 Å². The highest BCUT2D eigenvalue weighted by atomic mass is 32.2. The molecular weight excluding hydrogens is 291 g/mol. The third kappa shape index (κ3) is 2.84. The fourth-order valence-electron chi connectivity index (χ4n) is 3.64. The van der Waals surface area contributed by atoms with Crippen molar-refractivity contribution >= 4 is 10.0 Å². The number of sulfonamides is 1. The van der Waals surface area contributed by atoms with Gasteiger partial charge in [0.2, 0.25) is 10.0 Å². The molecule has 1 aromatic rings. The molecule has 116 valence electrons. The average molecular weight is 312 g/mol. The Hall–Kier alpha value is -0.980. The summed E-state index contributed by atoms with van der Waals surface area (Å²) in [5.74, 6) is -0.416. The van der Waals surface area contributed by atoms with Crippen LogP contribution < -0.4 is 0 Å². The third-order valence-corrected chi connectivity index (χ3v) is 6.57. The Morgan fingerprint density at radius 3 is 2.48 bits per heavy atom. The minimum atomic E-state index is -3.50. The maximum atomic E-state index is 13.0. The highest BCUT2D eigenvalue weighted by Crippen LogP contribution is 2.40. The first-order valence-electron chi connectivity index (χ1n) is 7.36. The van der Waals surface area contributed by atoms with Gasteiger partial charge in [0.1, 0.15) is 5.82 Å². The lowest BCUT2D eigenvalue weighted by Crippen LogP contribution is -2.43. The molecule has 2 fully saturated rings. The van der Waals surface area contributed by atoms with Crippen LogP contribution in [0.5, 0.6) is 0 Å². The van der Waals surface area contributed by atoms with Crippen LogP contribution in [-0.2, 0) is 10.0 Å². The lowest BCUT2D eigenvalue weighted by atomic mass is 9.79. The molecule has 0 bridgehead atoms. The summed E-state index contributed by atoms with van der Waals surface area (Å²) in [5, 5.41) is 0. The minimum absolute atomic E-state index is 0.0973. The number of hydrogen-bond acceptors (Lipinski definition) is 3. The molecule has 2 aliphatic rings. The van der Waals surface area contributed by atoms with Gasteiger partial charge in [-0.2, -0.15) is 4.31 Å². The maximum Gasteiger partial charge on any atom is 0.243 e. The molecule has 0 aromatic heterocycles. The van der Waals surface area contributed by atoms with E-state index in [0.29, 0.717) is 13.1 Å². The van der Waals surface area contributed by atoms with Crippen molar-refractivity contribution in [3.8, 4) is 0 Å². The van der Waals surface area contributed by atoms with Gasteiger partial charge in [-0.05, 0) is 62.5 Å². The van der Waals surface area contributed by atoms with E-state index in [-0.39, 0.29) is 10.3 Å². The molecular formula is C15H21FN2O2S. The lowest BCUT2D eigenvalue weighted by molar-refractivity contribution is 0.121. The number of nitrogens with zero attached hydrogens (tertiary/aromatic N) is 2. The van der Waals surface area contributed by atoms with E-state index in [0.717, 1.165) is 32.4 Å². The first-order chi connectivity index (χ1) is 9.91. The van der Waals surface area contributed by atoms with Crippen LogP contribution in [0.1, 0.15) is 19.3 Å². The van der Waals surface area contributed by atoms with Gasteiger partial charge in [-0.25, -0.2) is 12.8 Å². The monoisotopic (exact) mass is 312 g/mol. The SMILES string of the molecule is CN1CCCC2(CCN(S(=O)(=O)c3ccc(F)cc3)C2)C1. The Labute approximate surface area is 125 Å². The molecule has 0 aliphatic carbocycles. The van der Waals surface area contributed by atoms with Crippen molar-refractivity contribution in [3.63, 3.8) is 0 Å². The van der Waals surface area contributed by atoms with Gasteiger partial charge < -0.3 is 4.90 Å². The highest BCUT2D eigenvalue weighted by Gasteiger charge is 2.44. The van der Waals surface area contributed by atoms with E-state index in [9.17, 15) is 12.8 Å². The fraction of sp³-hybridized carbons (Fsp3) is 0.600. The zero-order chi connectivity index (χ0) is 15.1. The van der Waals surface area contributed by atoms with Crippen LogP contribution in [-0.4, -0.2) is 50.8 Å². The molecule has 6 heteroatoms. The van der Waals surface area contributed by atoms with Gasteiger partial charge in [-0.1, -0.05) is 0 Å². The summed E-state index contributed by atoms with van der Waals surface area (Å²) in [6.45, 7) is 3.19. The van der Waals surface area contributed by atoms with Crippen molar-refractivity contribution in [1.29, 1.82) is 0 Å². The maximum absolute atomic E-state index is 13.0. The van der Waals surface area contributed by atoms with E-state index in [2.05, 4.69) is 11.9 Å². The number of benzene rings is 1. The van der Waals surface area contributed by atoms with Gasteiger partial charge in [0, 0.05) is 19.6 Å². The second-order valence-electron chi connectivity index (χ2n) is 6.38. The molecule has 21 heavy (non-hydrogen) atoms. The zero-order valence-corrected chi connectivity index (χ0v) is 13.1. The molecule has 4 nitrogen and oxygen atoms in total. The van der Waals surface area contributed by atoms with Gasteiger partial charge in [0.05, 0.1) is 4.90 Å². The van der Waals surface area contributed by atoms with Crippen LogP contribution in [0.4, 0.5) is 4.39 Å². The van der Waals surface area contributed by atoms with Crippen LogP contribution in [0.25, 0.3) is 0 Å². The zero-order valence-electron chi connectivity index (χ0n) is 12.3. The van der Waals surface area contributed by atoms with Crippen LogP contribution in [0, 0.1) is 11.2 Å². The molecule has 2 aliphatic heterocycles. The summed E-state index contributed by atoms with van der Waals surface area (Å²) >= 11 is 0. The normalized spacial score (nSPS) is 28.3. The quantitative estimate of drug-likeness (QED) is 0.838. The molecule has 2 heterocycles. The molecule has 2 saturated heterocycles. The topological polar surface area (TPSA) is 40.6 Å². The van der Waals surface area contributed by atoms with E-state index >= 15 is 0 Å². The van der Waals surface area contributed by atoms with Crippen molar-refractivity contribution in [2.45, 2.75) is 24.2 Å². The summed E-state index contributed by atoms with van der Waals surface area (Å²) in [7, 11) is -1.40. The highest BCUT2D eigenvalue weighted by molar-refractivity contribution is 7.89. The Morgan fingerprint density at radius 2 is 1.81 bits per heavy atom. The standard InChI is InChI=1S/C15H21FN2O2S/c1-17-9-2-7-15(11-17)8-10-18(12-15)21(19,20)14-5-3-13(16)4-6-14/h3-6H,2,7-12H2,1H3. The van der Waals surface area contributed by atoms with E-state index in [1.807, 2.05) is 0 Å². The first-order valence-corrected chi connectivity index (χ1v) is 8.80. The predicted molar refractivity (Wildman–Crippen MR) is 78.9 cm³/mol. The van der Waals surface area contributed by atoms with Crippen LogP contribution in [0.2, 0.25) is 0 Å². The molecule has 0 radical (unpaired) electrons. The minimum Gasteiger partial charge on any atom is -0.306 e. The average Bonchev–Trinajstić information content (AvgIpc) is 2.83. The van der Waals surface area contributed by atoms with Gasteiger partial charge in [0.15, 0.2) is 0 Å². The van der Waals surface area contributed by atoms with Crippen LogP contribution in [0.3, 0.4) is 0 Å². The number of hydrogen-bond donors (Lipinski definition) is 0. The number of likely N-dealkylation sites (tertiary alicyclic amines) is 1. The van der Waals surface area contributed by atoms with Crippen molar-refractivity contribution in [2.24, 2.45) is 5.41 Å². The van der Waals surface area contributed by atoms with E-state index in [4.69, 9.17) is 0 Å². The molecule has 1 atom stereocenters. The van der Waals surface area contributed by atoms with Crippen molar-refractivity contribution in [3.05, 3.63) is 30.1 Å². The number of piperidine rings is 1. The number of rotatable bonds is 2. The number of halogens is 1. The van der Waals surface area contributed by atoms with Crippen molar-refractivity contribution < 1.29 is 12.8 Å². The third-order valence-electron chi connectivity index (χ3n) is 4.71. The smallest absolute Gasteiger partial charge is 0.243 e. The molecule has 0 saturated carbocycles. The Morgan fingerprint density at radius 1 is 1.10 bits per heavy atom. The second kappa shape index (κ2) is 5.34. The molecule has 0 N–H and O–H groups in total.